The molecular weight excluding hydrogens is 252 g/mol. The predicted molar refractivity (Wildman–Crippen MR) is 83.8 cm³/mol. The molecule has 1 aliphatic carbocycles. The molecular formula is C15H30N4O. The number of hydrogen-bond donors (Lipinski definition) is 2. The molecule has 5 heteroatoms. The summed E-state index contributed by atoms with van der Waals surface area (Å²) in [4.78, 5) is 17.3. The average Bonchev–Trinajstić information content (AvgIpc) is 2.43. The van der Waals surface area contributed by atoms with Gasteiger partial charge in [-0.05, 0) is 37.5 Å². The van der Waals surface area contributed by atoms with E-state index in [0.29, 0.717) is 6.04 Å². The van der Waals surface area contributed by atoms with Crippen LogP contribution in [0.25, 0.3) is 0 Å². The van der Waals surface area contributed by atoms with E-state index in [1.807, 2.05) is 0 Å². The van der Waals surface area contributed by atoms with Crippen LogP contribution in [-0.4, -0.2) is 50.5 Å². The molecule has 0 aromatic heterocycles. The number of aliphatic imine (C=N–C) groups is 1. The third kappa shape index (κ3) is 5.39. The lowest BCUT2D eigenvalue weighted by atomic mass is 9.80. The highest BCUT2D eigenvalue weighted by Gasteiger charge is 2.23. The van der Waals surface area contributed by atoms with Gasteiger partial charge in [0.1, 0.15) is 0 Å². The molecule has 1 rings (SSSR count). The molecule has 0 aromatic rings. The molecule has 5 nitrogen and oxygen atoms in total. The Hall–Kier alpha value is -1.26. The Morgan fingerprint density at radius 3 is 2.30 bits per heavy atom. The topological polar surface area (TPSA) is 56.7 Å². The van der Waals surface area contributed by atoms with Crippen molar-refractivity contribution in [3.8, 4) is 0 Å². The van der Waals surface area contributed by atoms with Crippen molar-refractivity contribution in [1.29, 1.82) is 0 Å². The van der Waals surface area contributed by atoms with Crippen molar-refractivity contribution in [2.45, 2.75) is 45.6 Å². The smallest absolute Gasteiger partial charge is 0.241 e. The molecule has 1 amide bonds. The van der Waals surface area contributed by atoms with Gasteiger partial charge >= 0.3 is 0 Å². The molecule has 0 radical (unpaired) electrons. The summed E-state index contributed by atoms with van der Waals surface area (Å²) in [6.07, 6.45) is 4.93. The van der Waals surface area contributed by atoms with Crippen molar-refractivity contribution in [3.63, 3.8) is 0 Å². The maximum Gasteiger partial charge on any atom is 0.241 e. The normalized spacial score (nSPS) is 23.6. The highest BCUT2D eigenvalue weighted by Crippen LogP contribution is 2.29. The Morgan fingerprint density at radius 2 is 1.85 bits per heavy atom. The van der Waals surface area contributed by atoms with Crippen LogP contribution in [0.3, 0.4) is 0 Å². The van der Waals surface area contributed by atoms with Crippen molar-refractivity contribution >= 4 is 11.9 Å². The number of hydrogen-bond acceptors (Lipinski definition) is 2. The second-order valence-corrected chi connectivity index (χ2v) is 6.21. The van der Waals surface area contributed by atoms with Gasteiger partial charge in [0, 0.05) is 27.2 Å². The monoisotopic (exact) mass is 282 g/mol. The molecule has 0 saturated heterocycles. The second-order valence-electron chi connectivity index (χ2n) is 6.21. The van der Waals surface area contributed by atoms with Gasteiger partial charge in [0.05, 0.1) is 6.54 Å². The fourth-order valence-electron chi connectivity index (χ4n) is 2.64. The van der Waals surface area contributed by atoms with Gasteiger partial charge < -0.3 is 15.5 Å². The van der Waals surface area contributed by atoms with Crippen molar-refractivity contribution in [3.05, 3.63) is 0 Å². The van der Waals surface area contributed by atoms with Crippen molar-refractivity contribution in [2.75, 3.05) is 27.7 Å². The fraction of sp³-hybridized carbons (Fsp3) is 0.867. The van der Waals surface area contributed by atoms with Crippen LogP contribution in [0, 0.1) is 11.8 Å². The molecule has 0 unspecified atom stereocenters. The standard InChI is InChI=1S/C15H30N4O/c1-11(2)12-6-8-13(9-7-12)18-15(16-3)17-10-14(20)19(4)5/h11-13H,6-10H2,1-5H3,(H2,16,17,18). The molecule has 1 aliphatic rings. The quantitative estimate of drug-likeness (QED) is 0.606. The van der Waals surface area contributed by atoms with Crippen LogP contribution < -0.4 is 10.6 Å². The predicted octanol–water partition coefficient (Wildman–Crippen LogP) is 1.45. The summed E-state index contributed by atoms with van der Waals surface area (Å²) in [7, 11) is 5.26. The minimum atomic E-state index is 0.0523. The highest BCUT2D eigenvalue weighted by molar-refractivity contribution is 5.86. The minimum absolute atomic E-state index is 0.0523. The molecule has 0 bridgehead atoms. The maximum atomic E-state index is 11.6. The Morgan fingerprint density at radius 1 is 1.25 bits per heavy atom. The van der Waals surface area contributed by atoms with Crippen LogP contribution in [0.4, 0.5) is 0 Å². The number of guanidine groups is 1. The van der Waals surface area contributed by atoms with Crippen LogP contribution in [-0.2, 0) is 4.79 Å². The van der Waals surface area contributed by atoms with Crippen LogP contribution in [0.2, 0.25) is 0 Å². The number of likely N-dealkylation sites (N-methyl/N-ethyl adjacent to an activating group) is 1. The SMILES string of the molecule is CN=C(NCC(=O)N(C)C)NC1CCC(C(C)C)CC1. The van der Waals surface area contributed by atoms with E-state index in [1.54, 1.807) is 26.0 Å². The number of carbonyl (C=O) groups is 1. The molecule has 116 valence electrons. The van der Waals surface area contributed by atoms with Gasteiger partial charge in [0.15, 0.2) is 5.96 Å². The van der Waals surface area contributed by atoms with Gasteiger partial charge in [-0.15, -0.1) is 0 Å². The Labute approximate surface area is 123 Å². The van der Waals surface area contributed by atoms with E-state index in [9.17, 15) is 4.79 Å². The van der Waals surface area contributed by atoms with Gasteiger partial charge in [-0.1, -0.05) is 13.8 Å². The van der Waals surface area contributed by atoms with E-state index in [2.05, 4.69) is 29.5 Å². The number of rotatable bonds is 4. The first kappa shape index (κ1) is 16.8. The van der Waals surface area contributed by atoms with Crippen LogP contribution in [0.15, 0.2) is 4.99 Å². The zero-order valence-corrected chi connectivity index (χ0v) is 13.6. The molecule has 0 spiro atoms. The summed E-state index contributed by atoms with van der Waals surface area (Å²) in [5.74, 6) is 2.43. The van der Waals surface area contributed by atoms with E-state index < -0.39 is 0 Å². The van der Waals surface area contributed by atoms with Gasteiger partial charge in [-0.2, -0.15) is 0 Å². The Kier molecular flexibility index (Phi) is 6.82. The summed E-state index contributed by atoms with van der Waals surface area (Å²) in [5.41, 5.74) is 0. The lowest BCUT2D eigenvalue weighted by Crippen LogP contribution is -2.47. The van der Waals surface area contributed by atoms with Crippen molar-refractivity contribution in [2.24, 2.45) is 16.8 Å². The van der Waals surface area contributed by atoms with E-state index in [0.717, 1.165) is 17.8 Å². The first-order valence-electron chi connectivity index (χ1n) is 7.61. The summed E-state index contributed by atoms with van der Waals surface area (Å²) in [6.45, 7) is 4.91. The molecule has 0 aliphatic heterocycles. The highest BCUT2D eigenvalue weighted by atomic mass is 16.2. The summed E-state index contributed by atoms with van der Waals surface area (Å²) < 4.78 is 0. The Bertz CT molecular complexity index is 331. The first-order valence-corrected chi connectivity index (χ1v) is 7.61. The minimum Gasteiger partial charge on any atom is -0.354 e. The number of nitrogens with zero attached hydrogens (tertiary/aromatic N) is 2. The molecule has 2 N–H and O–H groups in total. The number of amides is 1. The van der Waals surface area contributed by atoms with E-state index in [-0.39, 0.29) is 12.5 Å². The largest absolute Gasteiger partial charge is 0.354 e. The second kappa shape index (κ2) is 8.12. The molecule has 20 heavy (non-hydrogen) atoms. The van der Waals surface area contributed by atoms with Gasteiger partial charge in [-0.25, -0.2) is 0 Å². The van der Waals surface area contributed by atoms with Gasteiger partial charge in [0.25, 0.3) is 0 Å². The third-order valence-electron chi connectivity index (χ3n) is 4.18. The molecule has 0 aromatic carbocycles. The average molecular weight is 282 g/mol. The van der Waals surface area contributed by atoms with Gasteiger partial charge in [-0.3, -0.25) is 9.79 Å². The van der Waals surface area contributed by atoms with E-state index in [4.69, 9.17) is 0 Å². The van der Waals surface area contributed by atoms with Crippen molar-refractivity contribution in [1.82, 2.24) is 15.5 Å². The first-order chi connectivity index (χ1) is 9.43. The van der Waals surface area contributed by atoms with E-state index in [1.165, 1.54) is 25.7 Å². The van der Waals surface area contributed by atoms with Crippen molar-refractivity contribution < 1.29 is 4.79 Å². The Balaban J connectivity index is 2.34. The van der Waals surface area contributed by atoms with Gasteiger partial charge in [0.2, 0.25) is 5.91 Å². The number of nitrogens with one attached hydrogen (secondary N) is 2. The lowest BCUT2D eigenvalue weighted by molar-refractivity contribution is -0.127. The molecule has 0 heterocycles. The summed E-state index contributed by atoms with van der Waals surface area (Å²) in [5, 5.41) is 6.51. The summed E-state index contributed by atoms with van der Waals surface area (Å²) in [6, 6.07) is 0.477. The van der Waals surface area contributed by atoms with Crippen LogP contribution in [0.1, 0.15) is 39.5 Å². The lowest BCUT2D eigenvalue weighted by Gasteiger charge is -2.32. The van der Waals surface area contributed by atoms with E-state index >= 15 is 0 Å². The van der Waals surface area contributed by atoms with Crippen LogP contribution in [0.5, 0.6) is 0 Å². The number of carbonyl (C=O) groups excluding carboxylic acids is 1. The molecule has 0 atom stereocenters. The third-order valence-corrected chi connectivity index (χ3v) is 4.18. The molecule has 1 fully saturated rings. The summed E-state index contributed by atoms with van der Waals surface area (Å²) >= 11 is 0. The fourth-order valence-corrected chi connectivity index (χ4v) is 2.64. The van der Waals surface area contributed by atoms with Crippen LogP contribution >= 0.6 is 0 Å². The molecule has 1 saturated carbocycles. The zero-order chi connectivity index (χ0) is 15.1. The maximum absolute atomic E-state index is 11.6. The zero-order valence-electron chi connectivity index (χ0n) is 13.6.